The fraction of sp³-hybridized carbons (Fsp3) is 0.176. The molecule has 0 fully saturated rings. The van der Waals surface area contributed by atoms with E-state index in [1.807, 2.05) is 0 Å². The topological polar surface area (TPSA) is 119 Å². The molecule has 2 aromatic carbocycles. The van der Waals surface area contributed by atoms with Crippen molar-refractivity contribution in [3.63, 3.8) is 0 Å². The zero-order chi connectivity index (χ0) is 21.8. The summed E-state index contributed by atoms with van der Waals surface area (Å²) in [5.41, 5.74) is 0.0673. The number of halogens is 3. The lowest BCUT2D eigenvalue weighted by molar-refractivity contribution is -0.137. The van der Waals surface area contributed by atoms with E-state index in [9.17, 15) is 26.4 Å². The number of nitrogens with zero attached hydrogens (tertiary/aromatic N) is 4. The predicted octanol–water partition coefficient (Wildman–Crippen LogP) is 1.99. The monoisotopic (exact) mass is 440 g/mol. The normalized spacial score (nSPS) is 12.0. The molecule has 1 aromatic heterocycles. The average Bonchev–Trinajstić information content (AvgIpc) is 3.23. The first-order valence-corrected chi connectivity index (χ1v) is 9.94. The molecule has 0 atom stereocenters. The zero-order valence-corrected chi connectivity index (χ0v) is 16.0. The molecule has 3 aromatic rings. The van der Waals surface area contributed by atoms with E-state index in [0.717, 1.165) is 18.2 Å². The number of aromatic nitrogens is 4. The van der Waals surface area contributed by atoms with Crippen LogP contribution in [0.2, 0.25) is 0 Å². The number of tetrazole rings is 1. The molecule has 0 aliphatic rings. The second-order valence-electron chi connectivity index (χ2n) is 6.02. The Bertz CT molecular complexity index is 1120. The van der Waals surface area contributed by atoms with Crippen LogP contribution in [0.1, 0.15) is 12.0 Å². The maximum Gasteiger partial charge on any atom is 0.416 e. The maximum atomic E-state index is 12.7. The van der Waals surface area contributed by atoms with Crippen LogP contribution < -0.4 is 10.0 Å². The van der Waals surface area contributed by atoms with E-state index in [1.165, 1.54) is 11.0 Å². The van der Waals surface area contributed by atoms with Crippen LogP contribution >= 0.6 is 0 Å². The minimum absolute atomic E-state index is 0.215. The Morgan fingerprint density at radius 1 is 1.10 bits per heavy atom. The Balaban J connectivity index is 1.54. The molecule has 0 saturated carbocycles. The van der Waals surface area contributed by atoms with Crippen LogP contribution in [0.3, 0.4) is 0 Å². The Hall–Kier alpha value is -3.32. The highest BCUT2D eigenvalue weighted by Crippen LogP contribution is 2.30. The van der Waals surface area contributed by atoms with Gasteiger partial charge in [0.25, 0.3) is 0 Å². The molecule has 0 spiro atoms. The van der Waals surface area contributed by atoms with E-state index in [-0.39, 0.29) is 13.0 Å². The summed E-state index contributed by atoms with van der Waals surface area (Å²) in [7, 11) is -4.19. The number of benzene rings is 2. The fourth-order valence-corrected chi connectivity index (χ4v) is 3.50. The third-order valence-electron chi connectivity index (χ3n) is 3.88. The molecule has 1 heterocycles. The minimum Gasteiger partial charge on any atom is -0.326 e. The van der Waals surface area contributed by atoms with Crippen molar-refractivity contribution in [1.29, 1.82) is 0 Å². The van der Waals surface area contributed by atoms with Crippen molar-refractivity contribution < 1.29 is 26.4 Å². The van der Waals surface area contributed by atoms with Crippen LogP contribution in [-0.4, -0.2) is 41.1 Å². The van der Waals surface area contributed by atoms with Crippen molar-refractivity contribution in [1.82, 2.24) is 24.9 Å². The Kier molecular flexibility index (Phi) is 6.12. The zero-order valence-electron chi connectivity index (χ0n) is 15.2. The Labute approximate surface area is 169 Å². The summed E-state index contributed by atoms with van der Waals surface area (Å²) >= 11 is 0. The molecule has 0 aliphatic heterocycles. The molecule has 0 saturated heterocycles. The summed E-state index contributed by atoms with van der Waals surface area (Å²) in [4.78, 5) is 11.5. The van der Waals surface area contributed by atoms with Gasteiger partial charge in [0, 0.05) is 18.7 Å². The number of hydrogen-bond acceptors (Lipinski definition) is 6. The number of anilines is 1. The number of rotatable bonds is 7. The van der Waals surface area contributed by atoms with Gasteiger partial charge in [0.1, 0.15) is 6.33 Å². The van der Waals surface area contributed by atoms with Gasteiger partial charge < -0.3 is 5.32 Å². The number of amides is 1. The molecule has 0 unspecified atom stereocenters. The SMILES string of the molecule is O=C(CCNS(=O)(=O)c1cccc(C(F)(F)F)c1)Nc1ccc(-n2cnnn2)cc1. The molecule has 0 bridgehead atoms. The standard InChI is InChI=1S/C17H15F3N6O3S/c18-17(19,20)12-2-1-3-15(10-12)30(28,29)22-9-8-16(27)23-13-4-6-14(7-5-13)26-11-21-24-25-26/h1-7,10-11,22H,8-9H2,(H,23,27). The molecule has 0 radical (unpaired) electrons. The lowest BCUT2D eigenvalue weighted by atomic mass is 10.2. The number of carbonyl (C=O) groups is 1. The molecule has 2 N–H and O–H groups in total. The van der Waals surface area contributed by atoms with Gasteiger partial charge in [-0.25, -0.2) is 17.8 Å². The van der Waals surface area contributed by atoms with Crippen molar-refractivity contribution in [2.75, 3.05) is 11.9 Å². The number of sulfonamides is 1. The summed E-state index contributed by atoms with van der Waals surface area (Å²) in [6.45, 7) is -0.285. The van der Waals surface area contributed by atoms with Crippen LogP contribution in [0.25, 0.3) is 5.69 Å². The summed E-state index contributed by atoms with van der Waals surface area (Å²) in [6, 6.07) is 9.92. The summed E-state index contributed by atoms with van der Waals surface area (Å²) in [5, 5.41) is 13.3. The van der Waals surface area contributed by atoms with Gasteiger partial charge >= 0.3 is 6.18 Å². The van der Waals surface area contributed by atoms with E-state index in [0.29, 0.717) is 17.4 Å². The van der Waals surface area contributed by atoms with Gasteiger partial charge in [-0.2, -0.15) is 13.2 Å². The third-order valence-corrected chi connectivity index (χ3v) is 5.34. The van der Waals surface area contributed by atoms with Crippen molar-refractivity contribution in [2.24, 2.45) is 0 Å². The second-order valence-corrected chi connectivity index (χ2v) is 7.79. The molecule has 0 aliphatic carbocycles. The van der Waals surface area contributed by atoms with Crippen molar-refractivity contribution in [3.05, 3.63) is 60.4 Å². The first-order valence-electron chi connectivity index (χ1n) is 8.45. The smallest absolute Gasteiger partial charge is 0.326 e. The quantitative estimate of drug-likeness (QED) is 0.580. The molecule has 30 heavy (non-hydrogen) atoms. The van der Waals surface area contributed by atoms with Gasteiger partial charge in [0.15, 0.2) is 0 Å². The van der Waals surface area contributed by atoms with Crippen LogP contribution in [0.5, 0.6) is 0 Å². The van der Waals surface area contributed by atoms with Gasteiger partial charge in [-0.15, -0.1) is 5.10 Å². The van der Waals surface area contributed by atoms with Gasteiger partial charge in [0.2, 0.25) is 15.9 Å². The first kappa shape index (κ1) is 21.4. The first-order chi connectivity index (χ1) is 14.1. The molecular formula is C17H15F3N6O3S. The molecule has 9 nitrogen and oxygen atoms in total. The average molecular weight is 440 g/mol. The van der Waals surface area contributed by atoms with E-state index in [1.54, 1.807) is 24.3 Å². The maximum absolute atomic E-state index is 12.7. The van der Waals surface area contributed by atoms with Crippen molar-refractivity contribution in [3.8, 4) is 5.69 Å². The van der Waals surface area contributed by atoms with Gasteiger partial charge in [-0.3, -0.25) is 4.79 Å². The van der Waals surface area contributed by atoms with Gasteiger partial charge in [-0.05, 0) is 52.9 Å². The number of carbonyl (C=O) groups excluding carboxylic acids is 1. The summed E-state index contributed by atoms with van der Waals surface area (Å²) in [5.74, 6) is -0.475. The number of hydrogen-bond donors (Lipinski definition) is 2. The van der Waals surface area contributed by atoms with Crippen LogP contribution in [0, 0.1) is 0 Å². The molecule has 13 heteroatoms. The third kappa shape index (κ3) is 5.39. The largest absolute Gasteiger partial charge is 0.416 e. The fourth-order valence-electron chi connectivity index (χ4n) is 2.42. The lowest BCUT2D eigenvalue weighted by Crippen LogP contribution is -2.28. The molecule has 1 amide bonds. The van der Waals surface area contributed by atoms with Gasteiger partial charge in [0.05, 0.1) is 16.1 Å². The second kappa shape index (κ2) is 8.59. The van der Waals surface area contributed by atoms with E-state index < -0.39 is 32.6 Å². The van der Waals surface area contributed by atoms with E-state index in [4.69, 9.17) is 0 Å². The lowest BCUT2D eigenvalue weighted by Gasteiger charge is -2.10. The van der Waals surface area contributed by atoms with Crippen LogP contribution in [0.4, 0.5) is 18.9 Å². The number of alkyl halides is 3. The Morgan fingerprint density at radius 2 is 1.83 bits per heavy atom. The predicted molar refractivity (Wildman–Crippen MR) is 99.0 cm³/mol. The molecular weight excluding hydrogens is 425 g/mol. The highest BCUT2D eigenvalue weighted by molar-refractivity contribution is 7.89. The highest BCUT2D eigenvalue weighted by Gasteiger charge is 2.31. The van der Waals surface area contributed by atoms with Crippen LogP contribution in [0.15, 0.2) is 59.8 Å². The number of nitrogens with one attached hydrogen (secondary N) is 2. The van der Waals surface area contributed by atoms with E-state index in [2.05, 4.69) is 25.6 Å². The van der Waals surface area contributed by atoms with Crippen molar-refractivity contribution >= 4 is 21.6 Å². The minimum atomic E-state index is -4.66. The summed E-state index contributed by atoms with van der Waals surface area (Å²) < 4.78 is 66.1. The van der Waals surface area contributed by atoms with Gasteiger partial charge in [-0.1, -0.05) is 6.07 Å². The van der Waals surface area contributed by atoms with E-state index >= 15 is 0 Å². The van der Waals surface area contributed by atoms with Crippen molar-refractivity contribution in [2.45, 2.75) is 17.5 Å². The Morgan fingerprint density at radius 3 is 2.47 bits per heavy atom. The van der Waals surface area contributed by atoms with Crippen LogP contribution in [-0.2, 0) is 21.0 Å². The molecule has 3 rings (SSSR count). The highest BCUT2D eigenvalue weighted by atomic mass is 32.2. The molecule has 158 valence electrons. The summed E-state index contributed by atoms with van der Waals surface area (Å²) in [6.07, 6.45) is -3.47.